The highest BCUT2D eigenvalue weighted by Gasteiger charge is 1.95. The number of ketones is 1. The van der Waals surface area contributed by atoms with Gasteiger partial charge in [-0.2, -0.15) is 0 Å². The Bertz CT molecular complexity index is 83.1. The zero-order valence-corrected chi connectivity index (χ0v) is 6.28. The van der Waals surface area contributed by atoms with Gasteiger partial charge in [0.25, 0.3) is 0 Å². The Morgan fingerprint density at radius 2 is 2.33 bits per heavy atom. The summed E-state index contributed by atoms with van der Waals surface area (Å²) in [5, 5.41) is 0. The van der Waals surface area contributed by atoms with E-state index in [1.165, 1.54) is 0 Å². The summed E-state index contributed by atoms with van der Waals surface area (Å²) in [6.45, 7) is 2.49. The van der Waals surface area contributed by atoms with Gasteiger partial charge in [0, 0.05) is 12.3 Å². The van der Waals surface area contributed by atoms with Crippen molar-refractivity contribution in [3.05, 3.63) is 0 Å². The smallest absolute Gasteiger partial charge is 0.158 e. The molecule has 0 bridgehead atoms. The van der Waals surface area contributed by atoms with Crippen LogP contribution in [0.15, 0.2) is 0 Å². The van der Waals surface area contributed by atoms with Gasteiger partial charge in [-0.05, 0) is 0 Å². The van der Waals surface area contributed by atoms with Crippen LogP contribution in [0.3, 0.4) is 0 Å². The molecule has 9 heavy (non-hydrogen) atoms. The lowest BCUT2D eigenvalue weighted by Crippen LogP contribution is -2.08. The molecule has 0 saturated heterocycles. The number of hydrogen-bond acceptors (Lipinski definition) is 2. The third kappa shape index (κ3) is 5.80. The SMILES string of the molecule is CCC(=O)COCCCl. The molecule has 0 radical (unpaired) electrons. The van der Waals surface area contributed by atoms with Crippen LogP contribution in [0.5, 0.6) is 0 Å². The highest BCUT2D eigenvalue weighted by atomic mass is 35.5. The van der Waals surface area contributed by atoms with Crippen molar-refractivity contribution in [3.63, 3.8) is 0 Å². The Labute approximate surface area is 60.1 Å². The van der Waals surface area contributed by atoms with E-state index < -0.39 is 0 Å². The molecule has 0 aliphatic heterocycles. The first-order chi connectivity index (χ1) is 4.31. The van der Waals surface area contributed by atoms with Gasteiger partial charge >= 0.3 is 0 Å². The average Bonchev–Trinajstić information content (AvgIpc) is 1.89. The molecular weight excluding hydrogens is 140 g/mol. The van der Waals surface area contributed by atoms with Crippen LogP contribution in [-0.2, 0) is 9.53 Å². The van der Waals surface area contributed by atoms with E-state index in [0.29, 0.717) is 18.9 Å². The van der Waals surface area contributed by atoms with Crippen LogP contribution in [0.1, 0.15) is 13.3 Å². The molecule has 0 atom stereocenters. The van der Waals surface area contributed by atoms with Gasteiger partial charge in [0.2, 0.25) is 0 Å². The van der Waals surface area contributed by atoms with E-state index in [1.54, 1.807) is 0 Å². The molecule has 0 spiro atoms. The third-order valence-electron chi connectivity index (χ3n) is 0.879. The molecule has 0 saturated carbocycles. The van der Waals surface area contributed by atoms with Crippen LogP contribution in [0.25, 0.3) is 0 Å². The van der Waals surface area contributed by atoms with Crippen molar-refractivity contribution in [1.29, 1.82) is 0 Å². The lowest BCUT2D eigenvalue weighted by atomic mass is 10.3. The van der Waals surface area contributed by atoms with Crippen LogP contribution < -0.4 is 0 Å². The maximum Gasteiger partial charge on any atom is 0.158 e. The van der Waals surface area contributed by atoms with Crippen molar-refractivity contribution in [2.45, 2.75) is 13.3 Å². The van der Waals surface area contributed by atoms with Crippen molar-refractivity contribution in [1.82, 2.24) is 0 Å². The van der Waals surface area contributed by atoms with E-state index in [2.05, 4.69) is 0 Å². The summed E-state index contributed by atoms with van der Waals surface area (Å²) in [5.41, 5.74) is 0. The summed E-state index contributed by atoms with van der Waals surface area (Å²) in [6, 6.07) is 0. The van der Waals surface area contributed by atoms with Gasteiger partial charge in [0.15, 0.2) is 5.78 Å². The topological polar surface area (TPSA) is 26.3 Å². The monoisotopic (exact) mass is 150 g/mol. The fraction of sp³-hybridized carbons (Fsp3) is 0.833. The molecule has 2 nitrogen and oxygen atoms in total. The minimum Gasteiger partial charge on any atom is -0.372 e. The molecule has 0 aromatic carbocycles. The number of alkyl halides is 1. The quantitative estimate of drug-likeness (QED) is 0.435. The van der Waals surface area contributed by atoms with Crippen molar-refractivity contribution in [3.8, 4) is 0 Å². The molecule has 0 aliphatic carbocycles. The van der Waals surface area contributed by atoms with Crippen LogP contribution >= 0.6 is 11.6 Å². The first-order valence-electron chi connectivity index (χ1n) is 2.96. The van der Waals surface area contributed by atoms with E-state index >= 15 is 0 Å². The van der Waals surface area contributed by atoms with E-state index in [0.717, 1.165) is 0 Å². The minimum atomic E-state index is 0.125. The standard InChI is InChI=1S/C6H11ClO2/c1-2-6(8)5-9-4-3-7/h2-5H2,1H3. The second kappa shape index (κ2) is 6.05. The van der Waals surface area contributed by atoms with E-state index in [9.17, 15) is 4.79 Å². The largest absolute Gasteiger partial charge is 0.372 e. The Morgan fingerprint density at radius 3 is 2.78 bits per heavy atom. The minimum absolute atomic E-state index is 0.125. The summed E-state index contributed by atoms with van der Waals surface area (Å²) >= 11 is 5.29. The predicted molar refractivity (Wildman–Crippen MR) is 36.8 cm³/mol. The number of halogens is 1. The summed E-state index contributed by atoms with van der Waals surface area (Å²) in [7, 11) is 0. The number of ether oxygens (including phenoxy) is 1. The van der Waals surface area contributed by atoms with Crippen molar-refractivity contribution < 1.29 is 9.53 Å². The Kier molecular flexibility index (Phi) is 5.99. The molecular formula is C6H11ClO2. The molecule has 0 aliphatic rings. The van der Waals surface area contributed by atoms with Gasteiger partial charge in [-0.25, -0.2) is 0 Å². The first kappa shape index (κ1) is 8.92. The molecule has 54 valence electrons. The Morgan fingerprint density at radius 1 is 1.67 bits per heavy atom. The molecule has 0 heterocycles. The third-order valence-corrected chi connectivity index (χ3v) is 1.03. The highest BCUT2D eigenvalue weighted by Crippen LogP contribution is 1.83. The zero-order valence-electron chi connectivity index (χ0n) is 5.52. The molecule has 0 rings (SSSR count). The van der Waals surface area contributed by atoms with Crippen LogP contribution in [-0.4, -0.2) is 24.9 Å². The highest BCUT2D eigenvalue weighted by molar-refractivity contribution is 6.17. The second-order valence-electron chi connectivity index (χ2n) is 1.63. The van der Waals surface area contributed by atoms with Crippen molar-refractivity contribution in [2.75, 3.05) is 19.1 Å². The molecule has 3 heteroatoms. The number of hydrogen-bond donors (Lipinski definition) is 0. The summed E-state index contributed by atoms with van der Waals surface area (Å²) < 4.78 is 4.85. The van der Waals surface area contributed by atoms with Crippen LogP contribution in [0, 0.1) is 0 Å². The molecule has 0 amide bonds. The lowest BCUT2D eigenvalue weighted by molar-refractivity contribution is -0.123. The fourth-order valence-corrected chi connectivity index (χ4v) is 0.452. The number of rotatable bonds is 5. The van der Waals surface area contributed by atoms with Gasteiger partial charge in [0.1, 0.15) is 6.61 Å². The van der Waals surface area contributed by atoms with Crippen LogP contribution in [0.4, 0.5) is 0 Å². The van der Waals surface area contributed by atoms with Gasteiger partial charge in [0.05, 0.1) is 6.61 Å². The summed E-state index contributed by atoms with van der Waals surface area (Å²) in [5.74, 6) is 0.580. The predicted octanol–water partition coefficient (Wildman–Crippen LogP) is 1.22. The fourth-order valence-electron chi connectivity index (χ4n) is 0.343. The molecule has 0 aromatic rings. The van der Waals surface area contributed by atoms with Crippen molar-refractivity contribution in [2.24, 2.45) is 0 Å². The zero-order chi connectivity index (χ0) is 7.11. The van der Waals surface area contributed by atoms with E-state index in [4.69, 9.17) is 16.3 Å². The van der Waals surface area contributed by atoms with E-state index in [-0.39, 0.29) is 12.4 Å². The molecule has 0 N–H and O–H groups in total. The number of carbonyl (C=O) groups is 1. The molecule has 0 unspecified atom stereocenters. The normalized spacial score (nSPS) is 9.56. The lowest BCUT2D eigenvalue weighted by Gasteiger charge is -1.96. The number of Topliss-reactive ketones (excluding diaryl/α,β-unsaturated/α-hetero) is 1. The first-order valence-corrected chi connectivity index (χ1v) is 3.50. The van der Waals surface area contributed by atoms with Gasteiger partial charge in [-0.15, -0.1) is 11.6 Å². The van der Waals surface area contributed by atoms with Crippen molar-refractivity contribution >= 4 is 17.4 Å². The summed E-state index contributed by atoms with van der Waals surface area (Å²) in [6.07, 6.45) is 0.544. The number of carbonyl (C=O) groups excluding carboxylic acids is 1. The molecule has 0 aromatic heterocycles. The average molecular weight is 151 g/mol. The maximum atomic E-state index is 10.5. The van der Waals surface area contributed by atoms with Gasteiger partial charge in [-0.1, -0.05) is 6.92 Å². The van der Waals surface area contributed by atoms with Gasteiger partial charge < -0.3 is 4.74 Å². The maximum absolute atomic E-state index is 10.5. The van der Waals surface area contributed by atoms with E-state index in [1.807, 2.05) is 6.92 Å². The summed E-state index contributed by atoms with van der Waals surface area (Å²) in [4.78, 5) is 10.5. The Balaban J connectivity index is 2.97. The Hall–Kier alpha value is -0.0800. The van der Waals surface area contributed by atoms with Crippen LogP contribution in [0.2, 0.25) is 0 Å². The molecule has 0 fully saturated rings. The second-order valence-corrected chi connectivity index (χ2v) is 2.01. The van der Waals surface area contributed by atoms with Gasteiger partial charge in [-0.3, -0.25) is 4.79 Å².